The zero-order valence-electron chi connectivity index (χ0n) is 10.7. The van der Waals surface area contributed by atoms with Crippen molar-refractivity contribution < 1.29 is 4.79 Å². The summed E-state index contributed by atoms with van der Waals surface area (Å²) in [6, 6.07) is 0.479. The summed E-state index contributed by atoms with van der Waals surface area (Å²) in [6.07, 6.45) is 9.08. The second kappa shape index (κ2) is 8.13. The number of likely N-dealkylation sites (tertiary alicyclic amines) is 1. The number of rotatable bonds is 7. The lowest BCUT2D eigenvalue weighted by molar-refractivity contribution is -0.122. The van der Waals surface area contributed by atoms with Crippen LogP contribution in [0.5, 0.6) is 0 Å². The Hall–Kier alpha value is -0.0200. The van der Waals surface area contributed by atoms with E-state index in [2.05, 4.69) is 18.1 Å². The second-order valence-electron chi connectivity index (χ2n) is 4.78. The van der Waals surface area contributed by atoms with Gasteiger partial charge in [-0.05, 0) is 38.3 Å². The average Bonchev–Trinajstić information content (AvgIpc) is 2.26. The van der Waals surface area contributed by atoms with Crippen LogP contribution in [-0.4, -0.2) is 41.8 Å². The predicted octanol–water partition coefficient (Wildman–Crippen LogP) is 2.96. The molecule has 0 radical (unpaired) electrons. The molecule has 3 heteroatoms. The van der Waals surface area contributed by atoms with Crippen molar-refractivity contribution in [2.75, 3.05) is 25.1 Å². The minimum Gasteiger partial charge on any atom is -0.300 e. The Morgan fingerprint density at radius 3 is 2.75 bits per heavy atom. The molecule has 1 aliphatic rings. The van der Waals surface area contributed by atoms with Gasteiger partial charge in [0.05, 0.1) is 0 Å². The van der Waals surface area contributed by atoms with Crippen molar-refractivity contribution in [2.24, 2.45) is 0 Å². The lowest BCUT2D eigenvalue weighted by Crippen LogP contribution is -2.41. The molecule has 0 spiro atoms. The number of nitrogens with zero attached hydrogens (tertiary/aromatic N) is 1. The van der Waals surface area contributed by atoms with E-state index >= 15 is 0 Å². The molecule has 1 heterocycles. The Bertz CT molecular complexity index is 208. The Morgan fingerprint density at radius 1 is 1.31 bits per heavy atom. The number of piperidine rings is 1. The fourth-order valence-corrected chi connectivity index (χ4v) is 2.79. The fraction of sp³-hybridized carbons (Fsp3) is 0.923. The van der Waals surface area contributed by atoms with Gasteiger partial charge in [-0.2, -0.15) is 11.8 Å². The second-order valence-corrected chi connectivity index (χ2v) is 5.77. The molecular weight excluding hydrogens is 218 g/mol. The number of thioether (sulfide) groups is 1. The van der Waals surface area contributed by atoms with Gasteiger partial charge < -0.3 is 0 Å². The van der Waals surface area contributed by atoms with Crippen molar-refractivity contribution in [3.05, 3.63) is 0 Å². The zero-order chi connectivity index (χ0) is 11.8. The van der Waals surface area contributed by atoms with Crippen molar-refractivity contribution >= 4 is 17.5 Å². The summed E-state index contributed by atoms with van der Waals surface area (Å²) in [4.78, 5) is 13.7. The lowest BCUT2D eigenvalue weighted by Gasteiger charge is -2.32. The first kappa shape index (κ1) is 14.0. The highest BCUT2D eigenvalue weighted by molar-refractivity contribution is 7.98. The monoisotopic (exact) mass is 243 g/mol. The summed E-state index contributed by atoms with van der Waals surface area (Å²) < 4.78 is 0. The minimum absolute atomic E-state index is 0.448. The largest absolute Gasteiger partial charge is 0.300 e. The van der Waals surface area contributed by atoms with E-state index < -0.39 is 0 Å². The minimum atomic E-state index is 0.448. The molecule has 0 aromatic rings. The van der Waals surface area contributed by atoms with E-state index in [1.165, 1.54) is 38.0 Å². The van der Waals surface area contributed by atoms with E-state index in [-0.39, 0.29) is 0 Å². The van der Waals surface area contributed by atoms with Gasteiger partial charge in [0.1, 0.15) is 5.78 Å². The van der Waals surface area contributed by atoms with Crippen LogP contribution in [0.4, 0.5) is 0 Å². The molecule has 1 fully saturated rings. The first-order chi connectivity index (χ1) is 7.74. The maximum absolute atomic E-state index is 11.2. The Morgan fingerprint density at radius 2 is 2.06 bits per heavy atom. The van der Waals surface area contributed by atoms with Crippen LogP contribution in [0.15, 0.2) is 0 Å². The van der Waals surface area contributed by atoms with Gasteiger partial charge in [-0.1, -0.05) is 12.8 Å². The molecule has 0 aliphatic carbocycles. The van der Waals surface area contributed by atoms with Crippen LogP contribution in [0.25, 0.3) is 0 Å². The topological polar surface area (TPSA) is 20.3 Å². The van der Waals surface area contributed by atoms with E-state index in [9.17, 15) is 4.79 Å². The molecule has 0 saturated carbocycles. The van der Waals surface area contributed by atoms with E-state index in [1.54, 1.807) is 0 Å². The van der Waals surface area contributed by atoms with Gasteiger partial charge in [-0.15, -0.1) is 0 Å². The zero-order valence-corrected chi connectivity index (χ0v) is 11.5. The van der Waals surface area contributed by atoms with Crippen LogP contribution in [0.1, 0.15) is 45.4 Å². The third-order valence-electron chi connectivity index (χ3n) is 3.37. The number of ketones is 1. The Balaban J connectivity index is 2.02. The summed E-state index contributed by atoms with van der Waals surface area (Å²) in [5.74, 6) is 1.75. The van der Waals surface area contributed by atoms with E-state index in [0.717, 1.165) is 19.4 Å². The van der Waals surface area contributed by atoms with Crippen LogP contribution in [0.3, 0.4) is 0 Å². The SMILES string of the molecule is CSCCCCCCN1CCC(=O)CC1C. The molecule has 1 aliphatic heterocycles. The smallest absolute Gasteiger partial charge is 0.135 e. The molecule has 1 saturated heterocycles. The van der Waals surface area contributed by atoms with Crippen LogP contribution in [0.2, 0.25) is 0 Å². The summed E-state index contributed by atoms with van der Waals surface area (Å²) in [7, 11) is 0. The van der Waals surface area contributed by atoms with E-state index in [0.29, 0.717) is 11.8 Å². The number of hydrogen-bond donors (Lipinski definition) is 0. The van der Waals surface area contributed by atoms with Crippen LogP contribution in [0, 0.1) is 0 Å². The van der Waals surface area contributed by atoms with Crippen LogP contribution in [-0.2, 0) is 4.79 Å². The van der Waals surface area contributed by atoms with E-state index in [4.69, 9.17) is 0 Å². The first-order valence-corrected chi connectivity index (χ1v) is 7.88. The van der Waals surface area contributed by atoms with Crippen LogP contribution < -0.4 is 0 Å². The number of Topliss-reactive ketones (excluding diaryl/α,β-unsaturated/α-hetero) is 1. The summed E-state index contributed by atoms with van der Waals surface area (Å²) in [5, 5.41) is 0. The maximum atomic E-state index is 11.2. The summed E-state index contributed by atoms with van der Waals surface area (Å²) >= 11 is 1.94. The third-order valence-corrected chi connectivity index (χ3v) is 4.06. The number of carbonyl (C=O) groups excluding carboxylic acids is 1. The van der Waals surface area contributed by atoms with Gasteiger partial charge in [0.15, 0.2) is 0 Å². The number of carbonyl (C=O) groups is 1. The normalized spacial score (nSPS) is 22.6. The third kappa shape index (κ3) is 5.35. The molecule has 0 aromatic carbocycles. The highest BCUT2D eigenvalue weighted by Crippen LogP contribution is 2.15. The van der Waals surface area contributed by atoms with Crippen molar-refractivity contribution in [3.63, 3.8) is 0 Å². The van der Waals surface area contributed by atoms with E-state index in [1.807, 2.05) is 11.8 Å². The molecular formula is C13H25NOS. The van der Waals surface area contributed by atoms with Gasteiger partial charge in [0.25, 0.3) is 0 Å². The van der Waals surface area contributed by atoms with Gasteiger partial charge >= 0.3 is 0 Å². The highest BCUT2D eigenvalue weighted by atomic mass is 32.2. The summed E-state index contributed by atoms with van der Waals surface area (Å²) in [6.45, 7) is 4.36. The van der Waals surface area contributed by atoms with Gasteiger partial charge in [-0.25, -0.2) is 0 Å². The van der Waals surface area contributed by atoms with Crippen molar-refractivity contribution in [2.45, 2.75) is 51.5 Å². The van der Waals surface area contributed by atoms with Gasteiger partial charge in [0.2, 0.25) is 0 Å². The van der Waals surface area contributed by atoms with Gasteiger partial charge in [0, 0.05) is 25.4 Å². The number of hydrogen-bond acceptors (Lipinski definition) is 3. The Labute approximate surface area is 104 Å². The summed E-state index contributed by atoms with van der Waals surface area (Å²) in [5.41, 5.74) is 0. The quantitative estimate of drug-likeness (QED) is 0.641. The maximum Gasteiger partial charge on any atom is 0.135 e. The molecule has 16 heavy (non-hydrogen) atoms. The molecule has 1 rings (SSSR count). The first-order valence-electron chi connectivity index (χ1n) is 6.48. The molecule has 1 unspecified atom stereocenters. The highest BCUT2D eigenvalue weighted by Gasteiger charge is 2.22. The molecule has 0 N–H and O–H groups in total. The van der Waals surface area contributed by atoms with Crippen LogP contribution >= 0.6 is 11.8 Å². The molecule has 94 valence electrons. The standard InChI is InChI=1S/C13H25NOS/c1-12-11-13(15)7-9-14(12)8-5-3-4-6-10-16-2/h12H,3-11H2,1-2H3. The molecule has 2 nitrogen and oxygen atoms in total. The molecule has 1 atom stereocenters. The predicted molar refractivity (Wildman–Crippen MR) is 72.1 cm³/mol. The molecule has 0 bridgehead atoms. The van der Waals surface area contributed by atoms with Gasteiger partial charge in [-0.3, -0.25) is 9.69 Å². The molecule has 0 aromatic heterocycles. The lowest BCUT2D eigenvalue weighted by atomic mass is 10.0. The van der Waals surface area contributed by atoms with Crippen molar-refractivity contribution in [3.8, 4) is 0 Å². The van der Waals surface area contributed by atoms with Crippen molar-refractivity contribution in [1.29, 1.82) is 0 Å². The molecule has 0 amide bonds. The average molecular weight is 243 g/mol. The Kier molecular flexibility index (Phi) is 7.13. The van der Waals surface area contributed by atoms with Crippen molar-refractivity contribution in [1.82, 2.24) is 4.90 Å². The number of unbranched alkanes of at least 4 members (excludes halogenated alkanes) is 3. The fourth-order valence-electron chi connectivity index (χ4n) is 2.30.